The predicted octanol–water partition coefficient (Wildman–Crippen LogP) is 3.62. The lowest BCUT2D eigenvalue weighted by atomic mass is 10.1. The standard InChI is InChI=1S/C11H14BrN3/c1-3-4-7(2)10-14-9-5-8(12)6-13-11(9)15-10/h5-7H,3-4H2,1-2H3,(H,13,14,15). The summed E-state index contributed by atoms with van der Waals surface area (Å²) in [7, 11) is 0. The van der Waals surface area contributed by atoms with Gasteiger partial charge in [0, 0.05) is 16.6 Å². The highest BCUT2D eigenvalue weighted by atomic mass is 79.9. The van der Waals surface area contributed by atoms with Gasteiger partial charge in [0.1, 0.15) is 5.82 Å². The van der Waals surface area contributed by atoms with Gasteiger partial charge in [0.15, 0.2) is 5.65 Å². The molecule has 2 rings (SSSR count). The third kappa shape index (κ3) is 2.20. The van der Waals surface area contributed by atoms with Crippen molar-refractivity contribution < 1.29 is 0 Å². The van der Waals surface area contributed by atoms with E-state index < -0.39 is 0 Å². The van der Waals surface area contributed by atoms with E-state index in [9.17, 15) is 0 Å². The van der Waals surface area contributed by atoms with Crippen molar-refractivity contribution in [1.29, 1.82) is 0 Å². The maximum absolute atomic E-state index is 4.48. The quantitative estimate of drug-likeness (QED) is 0.923. The topological polar surface area (TPSA) is 41.6 Å². The van der Waals surface area contributed by atoms with Gasteiger partial charge in [-0.25, -0.2) is 9.97 Å². The van der Waals surface area contributed by atoms with E-state index in [0.29, 0.717) is 5.92 Å². The fraction of sp³-hybridized carbons (Fsp3) is 0.455. The van der Waals surface area contributed by atoms with E-state index in [1.54, 1.807) is 6.20 Å². The van der Waals surface area contributed by atoms with E-state index in [0.717, 1.165) is 27.9 Å². The van der Waals surface area contributed by atoms with Crippen molar-refractivity contribution in [2.45, 2.75) is 32.6 Å². The van der Waals surface area contributed by atoms with Gasteiger partial charge in [-0.15, -0.1) is 0 Å². The molecule has 0 aliphatic rings. The molecule has 15 heavy (non-hydrogen) atoms. The third-order valence-corrected chi connectivity index (χ3v) is 2.94. The molecule has 0 aliphatic heterocycles. The molecule has 2 aromatic heterocycles. The molecule has 2 heterocycles. The van der Waals surface area contributed by atoms with Crippen molar-refractivity contribution in [3.8, 4) is 0 Å². The highest BCUT2D eigenvalue weighted by Gasteiger charge is 2.10. The maximum atomic E-state index is 4.48. The average Bonchev–Trinajstić information content (AvgIpc) is 2.60. The van der Waals surface area contributed by atoms with Gasteiger partial charge in [-0.1, -0.05) is 20.3 Å². The summed E-state index contributed by atoms with van der Waals surface area (Å²) in [6.07, 6.45) is 4.10. The Labute approximate surface area is 97.5 Å². The minimum absolute atomic E-state index is 0.475. The van der Waals surface area contributed by atoms with E-state index in [1.807, 2.05) is 6.07 Å². The van der Waals surface area contributed by atoms with Gasteiger partial charge < -0.3 is 4.98 Å². The first-order chi connectivity index (χ1) is 7.20. The van der Waals surface area contributed by atoms with Crippen LogP contribution in [-0.2, 0) is 0 Å². The third-order valence-electron chi connectivity index (χ3n) is 2.51. The van der Waals surface area contributed by atoms with Crippen LogP contribution >= 0.6 is 15.9 Å². The monoisotopic (exact) mass is 267 g/mol. The van der Waals surface area contributed by atoms with Crippen LogP contribution in [0.1, 0.15) is 38.4 Å². The highest BCUT2D eigenvalue weighted by molar-refractivity contribution is 9.10. The van der Waals surface area contributed by atoms with Crippen molar-refractivity contribution in [3.05, 3.63) is 22.6 Å². The molecule has 3 nitrogen and oxygen atoms in total. The number of nitrogens with one attached hydrogen (secondary N) is 1. The van der Waals surface area contributed by atoms with Gasteiger partial charge in [-0.3, -0.25) is 0 Å². The Balaban J connectivity index is 2.38. The van der Waals surface area contributed by atoms with E-state index in [1.165, 1.54) is 6.42 Å². The second-order valence-electron chi connectivity index (χ2n) is 3.84. The first kappa shape index (κ1) is 10.6. The Morgan fingerprint density at radius 1 is 1.53 bits per heavy atom. The van der Waals surface area contributed by atoms with E-state index >= 15 is 0 Å². The van der Waals surface area contributed by atoms with Crippen LogP contribution in [-0.4, -0.2) is 15.0 Å². The molecule has 1 unspecified atom stereocenters. The minimum atomic E-state index is 0.475. The number of H-pyrrole nitrogens is 1. The zero-order chi connectivity index (χ0) is 10.8. The molecular formula is C11H14BrN3. The zero-order valence-electron chi connectivity index (χ0n) is 8.92. The molecule has 0 bridgehead atoms. The van der Waals surface area contributed by atoms with Crippen LogP contribution in [0.5, 0.6) is 0 Å². The van der Waals surface area contributed by atoms with E-state index in [-0.39, 0.29) is 0 Å². The summed E-state index contributed by atoms with van der Waals surface area (Å²) >= 11 is 3.40. The summed E-state index contributed by atoms with van der Waals surface area (Å²) in [4.78, 5) is 12.1. The summed E-state index contributed by atoms with van der Waals surface area (Å²) in [5.41, 5.74) is 1.80. The largest absolute Gasteiger partial charge is 0.340 e. The maximum Gasteiger partial charge on any atom is 0.177 e. The van der Waals surface area contributed by atoms with Crippen molar-refractivity contribution in [3.63, 3.8) is 0 Å². The fourth-order valence-corrected chi connectivity index (χ4v) is 2.03. The molecule has 0 saturated heterocycles. The van der Waals surface area contributed by atoms with Crippen molar-refractivity contribution in [1.82, 2.24) is 15.0 Å². The smallest absolute Gasteiger partial charge is 0.177 e. The first-order valence-electron chi connectivity index (χ1n) is 5.22. The first-order valence-corrected chi connectivity index (χ1v) is 6.01. The molecule has 0 saturated carbocycles. The highest BCUT2D eigenvalue weighted by Crippen LogP contribution is 2.21. The number of hydrogen-bond acceptors (Lipinski definition) is 2. The molecule has 1 N–H and O–H groups in total. The van der Waals surface area contributed by atoms with Crippen LogP contribution in [0.15, 0.2) is 16.7 Å². The number of halogens is 1. The lowest BCUT2D eigenvalue weighted by Gasteiger charge is -2.04. The average molecular weight is 268 g/mol. The van der Waals surface area contributed by atoms with E-state index in [4.69, 9.17) is 0 Å². The molecule has 80 valence electrons. The van der Waals surface area contributed by atoms with Gasteiger partial charge in [0.2, 0.25) is 0 Å². The number of fused-ring (bicyclic) bond motifs is 1. The number of aromatic nitrogens is 3. The molecule has 0 radical (unpaired) electrons. The predicted molar refractivity (Wildman–Crippen MR) is 64.9 cm³/mol. The lowest BCUT2D eigenvalue weighted by Crippen LogP contribution is -1.94. The summed E-state index contributed by atoms with van der Waals surface area (Å²) in [5.74, 6) is 1.51. The number of aromatic amines is 1. The Hall–Kier alpha value is -0.900. The van der Waals surface area contributed by atoms with Crippen molar-refractivity contribution in [2.24, 2.45) is 0 Å². The fourth-order valence-electron chi connectivity index (χ4n) is 1.70. The van der Waals surface area contributed by atoms with Crippen LogP contribution in [0.3, 0.4) is 0 Å². The number of hydrogen-bond donors (Lipinski definition) is 1. The molecule has 4 heteroatoms. The van der Waals surface area contributed by atoms with Gasteiger partial charge >= 0.3 is 0 Å². The van der Waals surface area contributed by atoms with Crippen molar-refractivity contribution in [2.75, 3.05) is 0 Å². The van der Waals surface area contributed by atoms with Gasteiger partial charge in [0.25, 0.3) is 0 Å². The normalized spacial score (nSPS) is 13.3. The van der Waals surface area contributed by atoms with Crippen LogP contribution in [0.2, 0.25) is 0 Å². The number of imidazole rings is 1. The van der Waals surface area contributed by atoms with Gasteiger partial charge in [-0.2, -0.15) is 0 Å². The van der Waals surface area contributed by atoms with Crippen LogP contribution in [0.25, 0.3) is 11.2 Å². The molecule has 2 aromatic rings. The second kappa shape index (κ2) is 4.31. The summed E-state index contributed by atoms with van der Waals surface area (Å²) in [6.45, 7) is 4.38. The number of nitrogens with zero attached hydrogens (tertiary/aromatic N) is 2. The summed E-state index contributed by atoms with van der Waals surface area (Å²) in [5, 5.41) is 0. The molecule has 0 aromatic carbocycles. The van der Waals surface area contributed by atoms with Crippen LogP contribution in [0, 0.1) is 0 Å². The van der Waals surface area contributed by atoms with Gasteiger partial charge in [-0.05, 0) is 28.4 Å². The summed E-state index contributed by atoms with van der Waals surface area (Å²) < 4.78 is 0.980. The molecule has 0 fully saturated rings. The number of rotatable bonds is 3. The minimum Gasteiger partial charge on any atom is -0.340 e. The van der Waals surface area contributed by atoms with Crippen LogP contribution < -0.4 is 0 Å². The van der Waals surface area contributed by atoms with E-state index in [2.05, 4.69) is 44.7 Å². The zero-order valence-corrected chi connectivity index (χ0v) is 10.5. The van der Waals surface area contributed by atoms with Crippen LogP contribution in [0.4, 0.5) is 0 Å². The molecule has 0 aliphatic carbocycles. The Morgan fingerprint density at radius 3 is 3.07 bits per heavy atom. The Bertz CT molecular complexity index is 464. The second-order valence-corrected chi connectivity index (χ2v) is 4.75. The summed E-state index contributed by atoms with van der Waals surface area (Å²) in [6, 6.07) is 2.01. The SMILES string of the molecule is CCCC(C)c1nc2ncc(Br)cc2[nH]1. The van der Waals surface area contributed by atoms with Crippen molar-refractivity contribution >= 4 is 27.1 Å². The molecular weight excluding hydrogens is 254 g/mol. The number of pyridine rings is 1. The Kier molecular flexibility index (Phi) is 3.05. The molecule has 0 amide bonds. The van der Waals surface area contributed by atoms with Gasteiger partial charge in [0.05, 0.1) is 5.52 Å². The molecule has 1 atom stereocenters. The molecule has 0 spiro atoms. The Morgan fingerprint density at radius 2 is 2.33 bits per heavy atom. The lowest BCUT2D eigenvalue weighted by molar-refractivity contribution is 0.635.